The third kappa shape index (κ3) is 4.14. The maximum absolute atomic E-state index is 13.4. The summed E-state index contributed by atoms with van der Waals surface area (Å²) in [6, 6.07) is 12.4. The van der Waals surface area contributed by atoms with Gasteiger partial charge in [-0.1, -0.05) is 18.2 Å². The molecule has 3 aliphatic heterocycles. The minimum absolute atomic E-state index is 0.250. The second kappa shape index (κ2) is 8.80. The number of rotatable bonds is 3. The molecular weight excluding hydrogens is 447 g/mol. The molecule has 0 radical (unpaired) electrons. The third-order valence-corrected chi connectivity index (χ3v) is 6.56. The predicted octanol–water partition coefficient (Wildman–Crippen LogP) is 2.48. The SMILES string of the molecule is O=C(CN1C(=O)/C(=C2\SC(N3CCOCC3)=NC2=O)c2ccccc21)Nc1ccc(F)cc1. The van der Waals surface area contributed by atoms with Crippen LogP contribution in [-0.2, 0) is 19.1 Å². The molecule has 2 aromatic carbocycles. The van der Waals surface area contributed by atoms with Crippen molar-refractivity contribution < 1.29 is 23.5 Å². The molecule has 1 N–H and O–H groups in total. The molecule has 0 bridgehead atoms. The Labute approximate surface area is 193 Å². The lowest BCUT2D eigenvalue weighted by atomic mass is 10.1. The number of halogens is 1. The predicted molar refractivity (Wildman–Crippen MR) is 123 cm³/mol. The van der Waals surface area contributed by atoms with Crippen molar-refractivity contribution in [3.05, 3.63) is 64.8 Å². The number of amidine groups is 1. The number of hydrogen-bond acceptors (Lipinski definition) is 6. The van der Waals surface area contributed by atoms with E-state index in [2.05, 4.69) is 10.3 Å². The second-order valence-electron chi connectivity index (χ2n) is 7.57. The summed E-state index contributed by atoms with van der Waals surface area (Å²) < 4.78 is 18.5. The van der Waals surface area contributed by atoms with Crippen LogP contribution in [0.5, 0.6) is 0 Å². The highest BCUT2D eigenvalue weighted by Gasteiger charge is 2.40. The molecule has 0 aliphatic carbocycles. The maximum atomic E-state index is 13.4. The summed E-state index contributed by atoms with van der Waals surface area (Å²) in [6.07, 6.45) is 0. The highest BCUT2D eigenvalue weighted by atomic mass is 32.2. The summed E-state index contributed by atoms with van der Waals surface area (Å²) in [7, 11) is 0. The molecule has 3 aliphatic rings. The Bertz CT molecular complexity index is 1210. The van der Waals surface area contributed by atoms with Gasteiger partial charge in [0.15, 0.2) is 5.17 Å². The average Bonchev–Trinajstić information content (AvgIpc) is 3.33. The fourth-order valence-corrected chi connectivity index (χ4v) is 4.93. The van der Waals surface area contributed by atoms with Crippen LogP contribution in [0.2, 0.25) is 0 Å². The maximum Gasteiger partial charge on any atom is 0.287 e. The van der Waals surface area contributed by atoms with Gasteiger partial charge in [-0.3, -0.25) is 19.3 Å². The van der Waals surface area contributed by atoms with E-state index < -0.39 is 23.5 Å². The summed E-state index contributed by atoms with van der Waals surface area (Å²) in [4.78, 5) is 46.5. The van der Waals surface area contributed by atoms with Crippen molar-refractivity contribution in [1.82, 2.24) is 4.90 Å². The molecule has 2 aromatic rings. The Kier molecular flexibility index (Phi) is 5.69. The number of nitrogens with one attached hydrogen (secondary N) is 1. The zero-order valence-electron chi connectivity index (χ0n) is 17.4. The van der Waals surface area contributed by atoms with Gasteiger partial charge in [0.1, 0.15) is 12.4 Å². The molecule has 0 spiro atoms. The first kappa shape index (κ1) is 21.4. The van der Waals surface area contributed by atoms with E-state index in [1.807, 2.05) is 4.90 Å². The zero-order valence-corrected chi connectivity index (χ0v) is 18.2. The lowest BCUT2D eigenvalue weighted by Gasteiger charge is -2.27. The standard InChI is InChI=1S/C23H19FN4O4S/c24-14-5-7-15(8-6-14)25-18(29)13-28-17-4-2-1-3-16(17)19(22(28)31)20-21(30)26-23(33-20)27-9-11-32-12-10-27/h1-8H,9-13H2,(H,25,29)/b20-19-. The number of amides is 3. The lowest BCUT2D eigenvalue weighted by molar-refractivity contribution is -0.118. The van der Waals surface area contributed by atoms with Gasteiger partial charge >= 0.3 is 0 Å². The molecule has 3 heterocycles. The van der Waals surface area contributed by atoms with Crippen LogP contribution in [0.15, 0.2) is 58.4 Å². The van der Waals surface area contributed by atoms with Crippen LogP contribution >= 0.6 is 11.8 Å². The largest absolute Gasteiger partial charge is 0.378 e. The van der Waals surface area contributed by atoms with E-state index in [4.69, 9.17) is 4.74 Å². The van der Waals surface area contributed by atoms with Gasteiger partial charge in [0.2, 0.25) is 5.91 Å². The zero-order chi connectivity index (χ0) is 22.9. The first-order chi connectivity index (χ1) is 16.0. The molecular formula is C23H19FN4O4S. The summed E-state index contributed by atoms with van der Waals surface area (Å²) in [5, 5.41) is 3.22. The third-order valence-electron chi connectivity index (χ3n) is 5.45. The molecule has 0 unspecified atom stereocenters. The number of ether oxygens (including phenoxy) is 1. The fraction of sp³-hybridized carbons (Fsp3) is 0.217. The Hall–Kier alpha value is -3.50. The van der Waals surface area contributed by atoms with Crippen LogP contribution in [0.3, 0.4) is 0 Å². The summed E-state index contributed by atoms with van der Waals surface area (Å²) >= 11 is 1.18. The van der Waals surface area contributed by atoms with E-state index in [0.29, 0.717) is 48.4 Å². The molecule has 8 nitrogen and oxygen atoms in total. The average molecular weight is 466 g/mol. The van der Waals surface area contributed by atoms with E-state index in [1.54, 1.807) is 24.3 Å². The first-order valence-corrected chi connectivity index (χ1v) is 11.2. The number of morpholine rings is 1. The van der Waals surface area contributed by atoms with Gasteiger partial charge in [-0.05, 0) is 42.1 Å². The smallest absolute Gasteiger partial charge is 0.287 e. The van der Waals surface area contributed by atoms with Gasteiger partial charge in [-0.15, -0.1) is 0 Å². The number of nitrogens with zero attached hydrogens (tertiary/aromatic N) is 3. The van der Waals surface area contributed by atoms with Gasteiger partial charge in [0.25, 0.3) is 11.8 Å². The Morgan fingerprint density at radius 2 is 1.82 bits per heavy atom. The van der Waals surface area contributed by atoms with E-state index >= 15 is 0 Å². The van der Waals surface area contributed by atoms with Gasteiger partial charge < -0.3 is 15.0 Å². The number of fused-ring (bicyclic) bond motifs is 1. The van der Waals surface area contributed by atoms with E-state index in [9.17, 15) is 18.8 Å². The number of benzene rings is 2. The van der Waals surface area contributed by atoms with Gasteiger partial charge in [-0.25, -0.2) is 4.39 Å². The van der Waals surface area contributed by atoms with Crippen molar-refractivity contribution in [2.75, 3.05) is 43.1 Å². The Balaban J connectivity index is 1.40. The van der Waals surface area contributed by atoms with Crippen molar-refractivity contribution in [2.24, 2.45) is 4.99 Å². The molecule has 0 atom stereocenters. The van der Waals surface area contributed by atoms with Crippen molar-refractivity contribution in [3.63, 3.8) is 0 Å². The highest BCUT2D eigenvalue weighted by molar-refractivity contribution is 8.18. The number of thioether (sulfide) groups is 1. The lowest BCUT2D eigenvalue weighted by Crippen LogP contribution is -2.38. The normalized spacial score (nSPS) is 20.2. The van der Waals surface area contributed by atoms with Crippen LogP contribution in [0.1, 0.15) is 5.56 Å². The molecule has 5 rings (SSSR count). The molecule has 3 amide bonds. The molecule has 0 saturated carbocycles. The van der Waals surface area contributed by atoms with Crippen LogP contribution in [0.4, 0.5) is 15.8 Å². The van der Waals surface area contributed by atoms with Crippen molar-refractivity contribution in [1.29, 1.82) is 0 Å². The van der Waals surface area contributed by atoms with Crippen molar-refractivity contribution in [3.8, 4) is 0 Å². The van der Waals surface area contributed by atoms with Crippen LogP contribution in [-0.4, -0.2) is 60.6 Å². The van der Waals surface area contributed by atoms with E-state index in [-0.39, 0.29) is 17.0 Å². The molecule has 168 valence electrons. The van der Waals surface area contributed by atoms with Crippen molar-refractivity contribution in [2.45, 2.75) is 0 Å². The number of carbonyl (C=O) groups is 3. The second-order valence-corrected chi connectivity index (χ2v) is 8.55. The quantitative estimate of drug-likeness (QED) is 0.699. The summed E-state index contributed by atoms with van der Waals surface area (Å²) in [6.45, 7) is 2.11. The summed E-state index contributed by atoms with van der Waals surface area (Å²) in [5.74, 6) is -1.74. The number of carbonyl (C=O) groups excluding carboxylic acids is 3. The van der Waals surface area contributed by atoms with Gasteiger partial charge in [0.05, 0.1) is 29.4 Å². The molecule has 33 heavy (non-hydrogen) atoms. The monoisotopic (exact) mass is 466 g/mol. The van der Waals surface area contributed by atoms with Gasteiger partial charge in [-0.2, -0.15) is 4.99 Å². The molecule has 0 aromatic heterocycles. The van der Waals surface area contributed by atoms with E-state index in [0.717, 1.165) is 0 Å². The minimum atomic E-state index is -0.461. The molecule has 1 fully saturated rings. The van der Waals surface area contributed by atoms with Gasteiger partial charge in [0, 0.05) is 24.3 Å². The van der Waals surface area contributed by atoms with Crippen molar-refractivity contribution >= 4 is 51.6 Å². The van der Waals surface area contributed by atoms with E-state index in [1.165, 1.54) is 40.9 Å². The Morgan fingerprint density at radius 3 is 2.58 bits per heavy atom. The topological polar surface area (TPSA) is 91.3 Å². The number of hydrogen-bond donors (Lipinski definition) is 1. The summed E-state index contributed by atoms with van der Waals surface area (Å²) in [5.41, 5.74) is 1.81. The van der Waals surface area contributed by atoms with Crippen LogP contribution < -0.4 is 10.2 Å². The molecule has 1 saturated heterocycles. The fourth-order valence-electron chi connectivity index (χ4n) is 3.88. The minimum Gasteiger partial charge on any atom is -0.378 e. The number of anilines is 2. The Morgan fingerprint density at radius 1 is 1.09 bits per heavy atom. The van der Waals surface area contributed by atoms with Crippen LogP contribution in [0, 0.1) is 5.82 Å². The number of aliphatic imine (C=N–C) groups is 1. The van der Waals surface area contributed by atoms with Crippen LogP contribution in [0.25, 0.3) is 5.57 Å². The highest BCUT2D eigenvalue weighted by Crippen LogP contribution is 2.43. The first-order valence-electron chi connectivity index (χ1n) is 10.4. The molecule has 10 heteroatoms. The number of para-hydroxylation sites is 1.